The summed E-state index contributed by atoms with van der Waals surface area (Å²) in [5.74, 6) is -0.176. The molecule has 0 saturated carbocycles. The number of halogens is 2. The van der Waals surface area contributed by atoms with Crippen molar-refractivity contribution < 1.29 is 12.8 Å². The summed E-state index contributed by atoms with van der Waals surface area (Å²) in [5, 5.41) is 6.94. The second-order valence-corrected chi connectivity index (χ2v) is 5.96. The average Bonchev–Trinajstić information content (AvgIpc) is 2.72. The molecular formula is C10H9ClFN3O2S. The highest BCUT2D eigenvalue weighted by atomic mass is 35.7. The van der Waals surface area contributed by atoms with Gasteiger partial charge in [0.15, 0.2) is 5.82 Å². The zero-order chi connectivity index (χ0) is 13.3. The predicted molar refractivity (Wildman–Crippen MR) is 64.1 cm³/mol. The zero-order valence-corrected chi connectivity index (χ0v) is 10.9. The van der Waals surface area contributed by atoms with Crippen LogP contribution in [0.4, 0.5) is 4.39 Å². The summed E-state index contributed by atoms with van der Waals surface area (Å²) >= 11 is 0. The lowest BCUT2D eigenvalue weighted by molar-refractivity contribution is 0.582. The molecule has 0 aliphatic heterocycles. The first-order chi connectivity index (χ1) is 8.43. The molecular weight excluding hydrogens is 281 g/mol. The SMILES string of the molecule is CCn1c(-c2cccc(F)c2)nnc1S(=O)(=O)Cl. The van der Waals surface area contributed by atoms with Crippen molar-refractivity contribution in [3.8, 4) is 11.4 Å². The standard InChI is InChI=1S/C10H9ClFN3O2S/c1-2-15-9(7-4-3-5-8(12)6-7)13-14-10(15)18(11,16)17/h3-6H,2H2,1H3. The Hall–Kier alpha value is -1.47. The first-order valence-electron chi connectivity index (χ1n) is 5.07. The number of hydrogen-bond donors (Lipinski definition) is 0. The van der Waals surface area contributed by atoms with E-state index in [1.807, 2.05) is 0 Å². The molecule has 1 aromatic heterocycles. The Morgan fingerprint density at radius 3 is 2.67 bits per heavy atom. The molecule has 0 fully saturated rings. The van der Waals surface area contributed by atoms with Crippen molar-refractivity contribution in [2.45, 2.75) is 18.6 Å². The van der Waals surface area contributed by atoms with Crippen LogP contribution >= 0.6 is 10.7 Å². The van der Waals surface area contributed by atoms with Crippen molar-refractivity contribution in [1.29, 1.82) is 0 Å². The van der Waals surface area contributed by atoms with Crippen LogP contribution in [0.15, 0.2) is 29.4 Å². The van der Waals surface area contributed by atoms with Gasteiger partial charge < -0.3 is 0 Å². The van der Waals surface area contributed by atoms with Crippen molar-refractivity contribution in [3.05, 3.63) is 30.1 Å². The van der Waals surface area contributed by atoms with E-state index in [4.69, 9.17) is 10.7 Å². The minimum absolute atomic E-state index is 0.260. The van der Waals surface area contributed by atoms with E-state index in [9.17, 15) is 12.8 Å². The first-order valence-corrected chi connectivity index (χ1v) is 7.38. The summed E-state index contributed by atoms with van der Waals surface area (Å²) in [6.45, 7) is 2.03. The Balaban J connectivity index is 2.63. The van der Waals surface area contributed by atoms with Crippen molar-refractivity contribution >= 4 is 19.7 Å². The van der Waals surface area contributed by atoms with Crippen LogP contribution in [0.5, 0.6) is 0 Å². The highest BCUT2D eigenvalue weighted by Gasteiger charge is 2.22. The van der Waals surface area contributed by atoms with Gasteiger partial charge in [0.2, 0.25) is 0 Å². The molecule has 0 saturated heterocycles. The van der Waals surface area contributed by atoms with Gasteiger partial charge in [-0.2, -0.15) is 0 Å². The van der Waals surface area contributed by atoms with Crippen LogP contribution in [0.2, 0.25) is 0 Å². The lowest BCUT2D eigenvalue weighted by Gasteiger charge is -2.05. The number of benzene rings is 1. The fourth-order valence-electron chi connectivity index (χ4n) is 1.60. The fourth-order valence-corrected chi connectivity index (χ4v) is 2.55. The summed E-state index contributed by atoms with van der Waals surface area (Å²) in [5.41, 5.74) is 0.441. The third kappa shape index (κ3) is 2.37. The van der Waals surface area contributed by atoms with E-state index in [-0.39, 0.29) is 11.0 Å². The maximum absolute atomic E-state index is 13.1. The minimum Gasteiger partial charge on any atom is -0.297 e. The van der Waals surface area contributed by atoms with Crippen molar-refractivity contribution in [2.24, 2.45) is 0 Å². The molecule has 1 aromatic carbocycles. The van der Waals surface area contributed by atoms with Crippen LogP contribution in [-0.4, -0.2) is 23.2 Å². The van der Waals surface area contributed by atoms with E-state index in [0.29, 0.717) is 12.1 Å². The van der Waals surface area contributed by atoms with Crippen LogP contribution in [0, 0.1) is 5.82 Å². The second kappa shape index (κ2) is 4.66. The lowest BCUT2D eigenvalue weighted by Crippen LogP contribution is -2.06. The molecule has 0 aliphatic rings. The van der Waals surface area contributed by atoms with Crippen molar-refractivity contribution in [1.82, 2.24) is 14.8 Å². The van der Waals surface area contributed by atoms with Gasteiger partial charge in [0.25, 0.3) is 14.2 Å². The molecule has 2 aromatic rings. The molecule has 0 unspecified atom stereocenters. The van der Waals surface area contributed by atoms with Crippen molar-refractivity contribution in [3.63, 3.8) is 0 Å². The molecule has 0 atom stereocenters. The highest BCUT2D eigenvalue weighted by molar-refractivity contribution is 8.13. The molecule has 1 heterocycles. The fraction of sp³-hybridized carbons (Fsp3) is 0.200. The molecule has 0 N–H and O–H groups in total. The zero-order valence-electron chi connectivity index (χ0n) is 9.34. The summed E-state index contributed by atoms with van der Waals surface area (Å²) in [4.78, 5) is 0. The second-order valence-electron chi connectivity index (χ2n) is 3.50. The van der Waals surface area contributed by atoms with Gasteiger partial charge >= 0.3 is 0 Å². The number of aromatic nitrogens is 3. The van der Waals surface area contributed by atoms with Crippen LogP contribution < -0.4 is 0 Å². The molecule has 18 heavy (non-hydrogen) atoms. The molecule has 96 valence electrons. The lowest BCUT2D eigenvalue weighted by atomic mass is 10.2. The third-order valence-corrected chi connectivity index (χ3v) is 3.49. The normalized spacial score (nSPS) is 11.7. The van der Waals surface area contributed by atoms with Gasteiger partial charge in [0.05, 0.1) is 0 Å². The van der Waals surface area contributed by atoms with Crippen LogP contribution in [-0.2, 0) is 15.6 Å². The molecule has 0 amide bonds. The van der Waals surface area contributed by atoms with E-state index >= 15 is 0 Å². The van der Waals surface area contributed by atoms with Gasteiger partial charge in [-0.3, -0.25) is 4.57 Å². The largest absolute Gasteiger partial charge is 0.297 e. The Bertz CT molecular complexity index is 684. The highest BCUT2D eigenvalue weighted by Crippen LogP contribution is 2.22. The Kier molecular flexibility index (Phi) is 3.36. The Labute approximate surface area is 108 Å². The van der Waals surface area contributed by atoms with Gasteiger partial charge in [0, 0.05) is 22.8 Å². The number of nitrogens with zero attached hydrogens (tertiary/aromatic N) is 3. The summed E-state index contributed by atoms with van der Waals surface area (Å²) in [6.07, 6.45) is 0. The molecule has 0 aliphatic carbocycles. The smallest absolute Gasteiger partial charge is 0.296 e. The molecule has 2 rings (SSSR count). The van der Waals surface area contributed by atoms with Crippen LogP contribution in [0.3, 0.4) is 0 Å². The summed E-state index contributed by atoms with van der Waals surface area (Å²) in [7, 11) is 1.27. The molecule has 0 bridgehead atoms. The Morgan fingerprint density at radius 1 is 1.39 bits per heavy atom. The Morgan fingerprint density at radius 2 is 2.11 bits per heavy atom. The third-order valence-electron chi connectivity index (χ3n) is 2.33. The van der Waals surface area contributed by atoms with Crippen molar-refractivity contribution in [2.75, 3.05) is 0 Å². The van der Waals surface area contributed by atoms with Gasteiger partial charge in [0.1, 0.15) is 5.82 Å². The minimum atomic E-state index is -3.98. The average molecular weight is 290 g/mol. The summed E-state index contributed by atoms with van der Waals surface area (Å²) < 4.78 is 37.0. The molecule has 0 radical (unpaired) electrons. The van der Waals surface area contributed by atoms with E-state index in [1.54, 1.807) is 13.0 Å². The number of hydrogen-bond acceptors (Lipinski definition) is 4. The van der Waals surface area contributed by atoms with E-state index in [0.717, 1.165) is 0 Å². The predicted octanol–water partition coefficient (Wildman–Crippen LogP) is 2.03. The van der Waals surface area contributed by atoms with Gasteiger partial charge in [-0.05, 0) is 19.1 Å². The quantitative estimate of drug-likeness (QED) is 0.811. The number of rotatable bonds is 3. The van der Waals surface area contributed by atoms with Gasteiger partial charge in [-0.1, -0.05) is 12.1 Å². The van der Waals surface area contributed by atoms with Gasteiger partial charge in [-0.25, -0.2) is 12.8 Å². The van der Waals surface area contributed by atoms with E-state index in [2.05, 4.69) is 10.2 Å². The van der Waals surface area contributed by atoms with E-state index < -0.39 is 14.9 Å². The summed E-state index contributed by atoms with van der Waals surface area (Å²) in [6, 6.07) is 5.66. The van der Waals surface area contributed by atoms with Crippen LogP contribution in [0.1, 0.15) is 6.92 Å². The molecule has 0 spiro atoms. The monoisotopic (exact) mass is 289 g/mol. The van der Waals surface area contributed by atoms with Gasteiger partial charge in [-0.15, -0.1) is 10.2 Å². The maximum Gasteiger partial charge on any atom is 0.296 e. The first kappa shape index (κ1) is 13.0. The topological polar surface area (TPSA) is 64.8 Å². The molecule has 8 heteroatoms. The molecule has 5 nitrogen and oxygen atoms in total. The van der Waals surface area contributed by atoms with Crippen LogP contribution in [0.25, 0.3) is 11.4 Å². The maximum atomic E-state index is 13.1. The van der Waals surface area contributed by atoms with E-state index in [1.165, 1.54) is 22.8 Å².